The third-order valence-electron chi connectivity index (χ3n) is 14.0. The number of ketones is 1. The molecule has 5 saturated carbocycles. The summed E-state index contributed by atoms with van der Waals surface area (Å²) in [4.78, 5) is 31.0. The molecule has 9 atom stereocenters. The predicted molar refractivity (Wildman–Crippen MR) is 158 cm³/mol. The molecule has 0 bridgehead atoms. The van der Waals surface area contributed by atoms with Crippen molar-refractivity contribution in [1.82, 2.24) is 4.98 Å². The Morgan fingerprint density at radius 1 is 0.974 bits per heavy atom. The molecule has 5 aliphatic rings. The van der Waals surface area contributed by atoms with E-state index >= 15 is 0 Å². The molecule has 0 N–H and O–H groups in total. The van der Waals surface area contributed by atoms with Crippen LogP contribution < -0.4 is 0 Å². The number of allylic oxidation sites excluding steroid dienone is 2. The van der Waals surface area contributed by atoms with Gasteiger partial charge >= 0.3 is 0 Å². The standard InChI is InChI=1S/C36H49NO2/c1-23(2)26-12-15-36(22-38)17-16-34(6)27(30(26)36)10-11-29-33(5)20-25(19-24-9-8-18-37-21-24)31(39)32(3,4)28(33)13-14-35(29,34)7/h8-9,18-19,21-22,26-30H,1,10-17,20H2,2-7H3/b25-19-/t26-,27+,28-,29+,30+,33-,34+,35+,36+/m0/s1. The average Bonchev–Trinajstić information content (AvgIpc) is 3.29. The zero-order valence-corrected chi connectivity index (χ0v) is 25.2. The van der Waals surface area contributed by atoms with Crippen molar-refractivity contribution in [3.05, 3.63) is 47.8 Å². The maximum Gasteiger partial charge on any atom is 0.164 e. The van der Waals surface area contributed by atoms with Gasteiger partial charge in [0.25, 0.3) is 0 Å². The van der Waals surface area contributed by atoms with Gasteiger partial charge in [0.05, 0.1) is 0 Å². The summed E-state index contributed by atoms with van der Waals surface area (Å²) in [5, 5.41) is 0. The SMILES string of the molecule is C=C(C)[C@@H]1CC[C@]2(C=O)CC[C@]3(C)[C@H](CC[C@@H]4[C@@]5(C)C/C(=C/c6cccnc6)C(=O)C(C)(C)[C@@H]5CC[C@]43C)[C@@H]12. The second kappa shape index (κ2) is 8.73. The molecule has 0 saturated heterocycles. The van der Waals surface area contributed by atoms with Gasteiger partial charge in [0.2, 0.25) is 0 Å². The largest absolute Gasteiger partial charge is 0.303 e. The summed E-state index contributed by atoms with van der Waals surface area (Å²) >= 11 is 0. The third kappa shape index (κ3) is 3.50. The van der Waals surface area contributed by atoms with E-state index in [0.29, 0.717) is 35.4 Å². The summed E-state index contributed by atoms with van der Waals surface area (Å²) in [7, 11) is 0. The van der Waals surface area contributed by atoms with E-state index in [-0.39, 0.29) is 27.1 Å². The first kappa shape index (κ1) is 27.2. The molecule has 1 heterocycles. The summed E-state index contributed by atoms with van der Waals surface area (Å²) < 4.78 is 0. The number of Topliss-reactive ketones (excluding diaryl/α,β-unsaturated/α-hetero) is 1. The minimum atomic E-state index is -0.365. The van der Waals surface area contributed by atoms with Crippen molar-refractivity contribution in [3.63, 3.8) is 0 Å². The van der Waals surface area contributed by atoms with Crippen LogP contribution in [0.25, 0.3) is 6.08 Å². The predicted octanol–water partition coefficient (Wildman–Crippen LogP) is 8.50. The molecule has 0 amide bonds. The Balaban J connectivity index is 1.42. The molecular formula is C36H49NO2. The molecule has 0 aromatic carbocycles. The molecule has 0 spiro atoms. The third-order valence-corrected chi connectivity index (χ3v) is 14.0. The fraction of sp³-hybridized carbons (Fsp3) is 0.694. The minimum Gasteiger partial charge on any atom is -0.303 e. The number of hydrogen-bond donors (Lipinski definition) is 0. The summed E-state index contributed by atoms with van der Waals surface area (Å²) in [5.41, 5.74) is 3.28. The van der Waals surface area contributed by atoms with E-state index in [1.165, 1.54) is 31.1 Å². The summed E-state index contributed by atoms with van der Waals surface area (Å²) in [6.07, 6.45) is 17.1. The highest BCUT2D eigenvalue weighted by Crippen LogP contribution is 2.77. The molecular weight excluding hydrogens is 478 g/mol. The normalized spacial score (nSPS) is 47.5. The molecule has 1 aromatic rings. The fourth-order valence-electron chi connectivity index (χ4n) is 12.0. The average molecular weight is 528 g/mol. The zero-order valence-electron chi connectivity index (χ0n) is 25.2. The van der Waals surface area contributed by atoms with Crippen molar-refractivity contribution in [1.29, 1.82) is 0 Å². The lowest BCUT2D eigenvalue weighted by atomic mass is 9.32. The Hall–Kier alpha value is -2.03. The van der Waals surface area contributed by atoms with Gasteiger partial charge in [-0.1, -0.05) is 52.8 Å². The molecule has 0 unspecified atom stereocenters. The lowest BCUT2D eigenvalue weighted by Gasteiger charge is -2.72. The molecule has 3 nitrogen and oxygen atoms in total. The molecule has 0 radical (unpaired) electrons. The van der Waals surface area contributed by atoms with Gasteiger partial charge in [0, 0.05) is 23.2 Å². The van der Waals surface area contributed by atoms with Gasteiger partial charge in [-0.25, -0.2) is 0 Å². The van der Waals surface area contributed by atoms with Crippen LogP contribution in [-0.4, -0.2) is 17.1 Å². The van der Waals surface area contributed by atoms with Gasteiger partial charge in [0.1, 0.15) is 6.29 Å². The van der Waals surface area contributed by atoms with Crippen LogP contribution in [0.15, 0.2) is 42.3 Å². The number of fused-ring (bicyclic) bond motifs is 7. The van der Waals surface area contributed by atoms with Crippen LogP contribution in [0.2, 0.25) is 0 Å². The van der Waals surface area contributed by atoms with E-state index in [1.54, 1.807) is 6.20 Å². The van der Waals surface area contributed by atoms with Crippen molar-refractivity contribution in [2.24, 2.45) is 56.7 Å². The van der Waals surface area contributed by atoms with Crippen molar-refractivity contribution in [2.75, 3.05) is 0 Å². The molecule has 3 heteroatoms. The number of hydrogen-bond acceptors (Lipinski definition) is 3. The Morgan fingerprint density at radius 2 is 1.74 bits per heavy atom. The number of aldehydes is 1. The number of carbonyl (C=O) groups is 2. The van der Waals surface area contributed by atoms with Crippen molar-refractivity contribution in [3.8, 4) is 0 Å². The molecule has 1 aromatic heterocycles. The Kier molecular flexibility index (Phi) is 6.08. The van der Waals surface area contributed by atoms with E-state index < -0.39 is 0 Å². The van der Waals surface area contributed by atoms with Gasteiger partial charge in [-0.3, -0.25) is 9.78 Å². The van der Waals surface area contributed by atoms with Crippen LogP contribution in [0.4, 0.5) is 0 Å². The molecule has 6 rings (SSSR count). The number of rotatable bonds is 3. The summed E-state index contributed by atoms with van der Waals surface area (Å²) in [6, 6.07) is 4.02. The second-order valence-electron chi connectivity index (χ2n) is 15.7. The number of aromatic nitrogens is 1. The number of carbonyl (C=O) groups excluding carboxylic acids is 2. The highest BCUT2D eigenvalue weighted by atomic mass is 16.1. The highest BCUT2D eigenvalue weighted by Gasteiger charge is 2.71. The smallest absolute Gasteiger partial charge is 0.164 e. The van der Waals surface area contributed by atoms with Gasteiger partial charge in [0.15, 0.2) is 5.78 Å². The van der Waals surface area contributed by atoms with Crippen molar-refractivity contribution < 1.29 is 9.59 Å². The fourth-order valence-corrected chi connectivity index (χ4v) is 12.0. The second-order valence-corrected chi connectivity index (χ2v) is 15.7. The van der Waals surface area contributed by atoms with Crippen LogP contribution in [0, 0.1) is 56.7 Å². The van der Waals surface area contributed by atoms with E-state index in [0.717, 1.165) is 49.7 Å². The van der Waals surface area contributed by atoms with Crippen LogP contribution >= 0.6 is 0 Å². The van der Waals surface area contributed by atoms with Crippen molar-refractivity contribution >= 4 is 18.1 Å². The number of pyridine rings is 1. The van der Waals surface area contributed by atoms with E-state index in [2.05, 4.69) is 65.2 Å². The van der Waals surface area contributed by atoms with Gasteiger partial charge in [-0.2, -0.15) is 0 Å². The Labute approximate surface area is 236 Å². The highest BCUT2D eigenvalue weighted by molar-refractivity contribution is 6.04. The van der Waals surface area contributed by atoms with Gasteiger partial charge in [-0.15, -0.1) is 0 Å². The topological polar surface area (TPSA) is 47.0 Å². The van der Waals surface area contributed by atoms with Crippen molar-refractivity contribution in [2.45, 2.75) is 99.3 Å². The molecule has 39 heavy (non-hydrogen) atoms. The lowest BCUT2D eigenvalue weighted by Crippen LogP contribution is -2.66. The van der Waals surface area contributed by atoms with Crippen LogP contribution in [-0.2, 0) is 9.59 Å². The van der Waals surface area contributed by atoms with Crippen LogP contribution in [0.5, 0.6) is 0 Å². The van der Waals surface area contributed by atoms with E-state index in [9.17, 15) is 9.59 Å². The number of nitrogens with zero attached hydrogens (tertiary/aromatic N) is 1. The van der Waals surface area contributed by atoms with Crippen LogP contribution in [0.1, 0.15) is 105 Å². The first-order valence-electron chi connectivity index (χ1n) is 15.6. The maximum absolute atomic E-state index is 13.9. The summed E-state index contributed by atoms with van der Waals surface area (Å²) in [5.74, 6) is 2.80. The molecule has 5 aliphatic carbocycles. The molecule has 210 valence electrons. The summed E-state index contributed by atoms with van der Waals surface area (Å²) in [6.45, 7) is 18.8. The zero-order chi connectivity index (χ0) is 28.0. The van der Waals surface area contributed by atoms with Gasteiger partial charge in [-0.05, 0) is 134 Å². The van der Waals surface area contributed by atoms with Crippen LogP contribution in [0.3, 0.4) is 0 Å². The lowest BCUT2D eigenvalue weighted by molar-refractivity contribution is -0.227. The molecule has 0 aliphatic heterocycles. The minimum absolute atomic E-state index is 0.0784. The maximum atomic E-state index is 13.9. The Bertz CT molecular complexity index is 1230. The quantitative estimate of drug-likeness (QED) is 0.225. The molecule has 5 fully saturated rings. The monoisotopic (exact) mass is 527 g/mol. The first-order chi connectivity index (χ1) is 18.3. The van der Waals surface area contributed by atoms with Gasteiger partial charge < -0.3 is 4.79 Å². The Morgan fingerprint density at radius 3 is 2.41 bits per heavy atom. The first-order valence-corrected chi connectivity index (χ1v) is 15.6. The van der Waals surface area contributed by atoms with E-state index in [1.807, 2.05) is 12.3 Å². The van der Waals surface area contributed by atoms with E-state index in [4.69, 9.17) is 0 Å².